The largest absolute Gasteiger partial charge is 0.383 e. The van der Waals surface area contributed by atoms with Crippen molar-refractivity contribution in [3.8, 4) is 0 Å². The number of benzene rings is 1. The summed E-state index contributed by atoms with van der Waals surface area (Å²) < 4.78 is 5.10. The number of hydrogen-bond donors (Lipinski definition) is 0. The zero-order valence-corrected chi connectivity index (χ0v) is 11.3. The Kier molecular flexibility index (Phi) is 5.16. The maximum Gasteiger partial charge on any atom is 0.125 e. The Balaban J connectivity index is 1.88. The molecule has 0 bridgehead atoms. The van der Waals surface area contributed by atoms with Crippen LogP contribution in [0.3, 0.4) is 0 Å². The number of rotatable bonds is 5. The zero-order chi connectivity index (χ0) is 13.5. The number of anilines is 1. The Morgan fingerprint density at radius 3 is 2.47 bits per heavy atom. The molecule has 1 heterocycles. The van der Waals surface area contributed by atoms with Crippen molar-refractivity contribution in [3.63, 3.8) is 0 Å². The van der Waals surface area contributed by atoms with E-state index in [1.165, 1.54) is 11.8 Å². The van der Waals surface area contributed by atoms with Crippen LogP contribution in [-0.2, 0) is 9.53 Å². The molecule has 0 amide bonds. The average molecular weight is 260 g/mol. The van der Waals surface area contributed by atoms with Crippen LogP contribution in [0.25, 0.3) is 6.08 Å². The van der Waals surface area contributed by atoms with E-state index in [-0.39, 0.29) is 0 Å². The van der Waals surface area contributed by atoms with E-state index in [0.717, 1.165) is 44.9 Å². The number of methoxy groups -OCH3 is 1. The molecule has 2 rings (SSSR count). The predicted molar refractivity (Wildman–Crippen MR) is 77.1 cm³/mol. The van der Waals surface area contributed by atoms with Gasteiger partial charge in [-0.25, -0.2) is 4.79 Å². The van der Waals surface area contributed by atoms with Gasteiger partial charge < -0.3 is 9.64 Å². The van der Waals surface area contributed by atoms with Crippen molar-refractivity contribution in [1.82, 2.24) is 4.90 Å². The molecule has 1 aliphatic heterocycles. The van der Waals surface area contributed by atoms with Crippen molar-refractivity contribution in [2.24, 2.45) is 0 Å². The number of nitrogens with zero attached hydrogens (tertiary/aromatic N) is 2. The maximum absolute atomic E-state index is 10.3. The molecule has 0 unspecified atom stereocenters. The second kappa shape index (κ2) is 7.10. The summed E-state index contributed by atoms with van der Waals surface area (Å²) in [5.41, 5.74) is 2.12. The molecule has 19 heavy (non-hydrogen) atoms. The van der Waals surface area contributed by atoms with Gasteiger partial charge in [0.05, 0.1) is 6.61 Å². The molecule has 4 heteroatoms. The van der Waals surface area contributed by atoms with Gasteiger partial charge in [0.15, 0.2) is 0 Å². The quantitative estimate of drug-likeness (QED) is 0.747. The third kappa shape index (κ3) is 3.93. The van der Waals surface area contributed by atoms with Gasteiger partial charge in [0.2, 0.25) is 0 Å². The SMILES string of the molecule is COCCN1CCN(c2ccc(C=C=O)cc2)CC1. The first-order chi connectivity index (χ1) is 9.33. The van der Waals surface area contributed by atoms with Gasteiger partial charge in [-0.15, -0.1) is 0 Å². The monoisotopic (exact) mass is 260 g/mol. The van der Waals surface area contributed by atoms with Crippen LogP contribution >= 0.6 is 0 Å². The summed E-state index contributed by atoms with van der Waals surface area (Å²) in [6, 6.07) is 8.04. The molecule has 1 aromatic rings. The van der Waals surface area contributed by atoms with E-state index in [0.29, 0.717) is 0 Å². The number of piperazine rings is 1. The fraction of sp³-hybridized carbons (Fsp3) is 0.467. The fourth-order valence-corrected chi connectivity index (χ4v) is 2.30. The summed E-state index contributed by atoms with van der Waals surface area (Å²) in [6.45, 7) is 6.01. The lowest BCUT2D eigenvalue weighted by molar-refractivity contribution is 0.144. The molecule has 0 N–H and O–H groups in total. The first-order valence-corrected chi connectivity index (χ1v) is 6.60. The van der Waals surface area contributed by atoms with Crippen LogP contribution in [0.15, 0.2) is 24.3 Å². The lowest BCUT2D eigenvalue weighted by Gasteiger charge is -2.36. The molecule has 102 valence electrons. The molecule has 1 aromatic carbocycles. The van der Waals surface area contributed by atoms with Crippen LogP contribution in [0.5, 0.6) is 0 Å². The van der Waals surface area contributed by atoms with Crippen molar-refractivity contribution in [2.45, 2.75) is 0 Å². The highest BCUT2D eigenvalue weighted by Gasteiger charge is 2.16. The second-order valence-electron chi connectivity index (χ2n) is 4.68. The van der Waals surface area contributed by atoms with Crippen LogP contribution in [0.1, 0.15) is 5.56 Å². The van der Waals surface area contributed by atoms with Crippen molar-refractivity contribution in [2.75, 3.05) is 51.3 Å². The van der Waals surface area contributed by atoms with E-state index in [9.17, 15) is 4.79 Å². The highest BCUT2D eigenvalue weighted by atomic mass is 16.5. The number of carbonyl (C=O) groups excluding carboxylic acids is 1. The molecule has 0 spiro atoms. The van der Waals surface area contributed by atoms with Crippen LogP contribution in [0, 0.1) is 0 Å². The fourth-order valence-electron chi connectivity index (χ4n) is 2.30. The van der Waals surface area contributed by atoms with Crippen LogP contribution in [-0.4, -0.2) is 57.3 Å². The van der Waals surface area contributed by atoms with E-state index in [1.807, 2.05) is 12.1 Å². The van der Waals surface area contributed by atoms with Crippen molar-refractivity contribution in [3.05, 3.63) is 29.8 Å². The summed E-state index contributed by atoms with van der Waals surface area (Å²) in [7, 11) is 1.74. The van der Waals surface area contributed by atoms with Crippen molar-refractivity contribution >= 4 is 17.7 Å². The lowest BCUT2D eigenvalue weighted by Crippen LogP contribution is -2.47. The molecule has 1 aliphatic rings. The Labute approximate surface area is 114 Å². The topological polar surface area (TPSA) is 32.8 Å². The van der Waals surface area contributed by atoms with E-state index in [4.69, 9.17) is 4.74 Å². The summed E-state index contributed by atoms with van der Waals surface area (Å²) >= 11 is 0. The van der Waals surface area contributed by atoms with Crippen LogP contribution in [0.2, 0.25) is 0 Å². The third-order valence-corrected chi connectivity index (χ3v) is 3.47. The molecule has 0 atom stereocenters. The average Bonchev–Trinajstić information content (AvgIpc) is 2.47. The Bertz CT molecular complexity index is 430. The van der Waals surface area contributed by atoms with Gasteiger partial charge in [-0.3, -0.25) is 4.90 Å². The highest BCUT2D eigenvalue weighted by molar-refractivity contribution is 5.75. The van der Waals surface area contributed by atoms with E-state index >= 15 is 0 Å². The number of ether oxygens (including phenoxy) is 1. The minimum absolute atomic E-state index is 0.798. The standard InChI is InChI=1S/C15H20N2O2/c1-19-13-11-16-7-9-17(10-8-16)15-4-2-14(3-5-15)6-12-18/h2-6H,7-11,13H2,1H3. The number of hydrogen-bond acceptors (Lipinski definition) is 4. The summed E-state index contributed by atoms with van der Waals surface area (Å²) in [6.07, 6.45) is 1.45. The Morgan fingerprint density at radius 2 is 1.89 bits per heavy atom. The van der Waals surface area contributed by atoms with Crippen LogP contribution in [0.4, 0.5) is 5.69 Å². The molecule has 4 nitrogen and oxygen atoms in total. The van der Waals surface area contributed by atoms with Gasteiger partial charge in [-0.2, -0.15) is 0 Å². The van der Waals surface area contributed by atoms with Gasteiger partial charge in [0, 0.05) is 51.6 Å². The van der Waals surface area contributed by atoms with E-state index < -0.39 is 0 Å². The molecule has 1 saturated heterocycles. The summed E-state index contributed by atoms with van der Waals surface area (Å²) in [5, 5.41) is 0. The zero-order valence-electron chi connectivity index (χ0n) is 11.3. The van der Waals surface area contributed by atoms with Crippen molar-refractivity contribution < 1.29 is 9.53 Å². The summed E-state index contributed by atoms with van der Waals surface area (Å²) in [5.74, 6) is 1.80. The first kappa shape index (κ1) is 13.8. The van der Waals surface area contributed by atoms with E-state index in [2.05, 4.69) is 21.9 Å². The van der Waals surface area contributed by atoms with Crippen LogP contribution < -0.4 is 4.90 Å². The molecular formula is C15H20N2O2. The molecule has 0 aromatic heterocycles. The van der Waals surface area contributed by atoms with Gasteiger partial charge in [0.1, 0.15) is 5.94 Å². The third-order valence-electron chi connectivity index (χ3n) is 3.47. The first-order valence-electron chi connectivity index (χ1n) is 6.60. The maximum atomic E-state index is 10.3. The summed E-state index contributed by atoms with van der Waals surface area (Å²) in [4.78, 5) is 15.1. The Morgan fingerprint density at radius 1 is 1.21 bits per heavy atom. The normalized spacial score (nSPS) is 16.2. The van der Waals surface area contributed by atoms with Gasteiger partial charge in [-0.05, 0) is 17.7 Å². The second-order valence-corrected chi connectivity index (χ2v) is 4.68. The molecule has 0 aliphatic carbocycles. The molecule has 0 saturated carbocycles. The van der Waals surface area contributed by atoms with Crippen molar-refractivity contribution in [1.29, 1.82) is 0 Å². The van der Waals surface area contributed by atoms with Gasteiger partial charge in [-0.1, -0.05) is 12.1 Å². The van der Waals surface area contributed by atoms with E-state index in [1.54, 1.807) is 13.1 Å². The molecule has 1 fully saturated rings. The predicted octanol–water partition coefficient (Wildman–Crippen LogP) is 1.30. The van der Waals surface area contributed by atoms with Gasteiger partial charge in [0.25, 0.3) is 0 Å². The lowest BCUT2D eigenvalue weighted by atomic mass is 10.2. The smallest absolute Gasteiger partial charge is 0.125 e. The molecule has 0 radical (unpaired) electrons. The highest BCUT2D eigenvalue weighted by Crippen LogP contribution is 2.17. The minimum Gasteiger partial charge on any atom is -0.383 e. The molecular weight excluding hydrogens is 240 g/mol. The Hall–Kier alpha value is -1.61. The van der Waals surface area contributed by atoms with Gasteiger partial charge >= 0.3 is 0 Å². The minimum atomic E-state index is 0.798.